The van der Waals surface area contributed by atoms with Crippen molar-refractivity contribution in [1.29, 1.82) is 0 Å². The van der Waals surface area contributed by atoms with Crippen molar-refractivity contribution in [3.8, 4) is 0 Å². The first kappa shape index (κ1) is 16.7. The second-order valence-electron chi connectivity index (χ2n) is 5.83. The molecule has 4 heteroatoms. The molecule has 0 aromatic heterocycles. The Bertz CT molecular complexity index is 861. The number of hydrogen-bond donors (Lipinski definition) is 1. The highest BCUT2D eigenvalue weighted by atomic mass is 16.5. The number of hydrogen-bond acceptors (Lipinski definition) is 3. The summed E-state index contributed by atoms with van der Waals surface area (Å²) in [5.74, 6) is 0. The van der Waals surface area contributed by atoms with Crippen molar-refractivity contribution in [3.63, 3.8) is 0 Å². The zero-order valence-electron chi connectivity index (χ0n) is 13.7. The van der Waals surface area contributed by atoms with Crippen LogP contribution in [0.15, 0.2) is 72.8 Å². The quantitative estimate of drug-likeness (QED) is 0.697. The van der Waals surface area contributed by atoms with Crippen LogP contribution in [0.3, 0.4) is 0 Å². The van der Waals surface area contributed by atoms with Gasteiger partial charge in [0, 0.05) is 0 Å². The van der Waals surface area contributed by atoms with Crippen LogP contribution in [0, 0.1) is 0 Å². The molecule has 3 rings (SSSR count). The molecule has 0 saturated heterocycles. The molecule has 0 aliphatic heterocycles. The average molecular weight is 333 g/mol. The summed E-state index contributed by atoms with van der Waals surface area (Å²) in [6, 6.07) is 22.8. The summed E-state index contributed by atoms with van der Waals surface area (Å²) in [7, 11) is 0. The third kappa shape index (κ3) is 4.67. The number of rotatable bonds is 6. The van der Waals surface area contributed by atoms with Crippen LogP contribution in [0.5, 0.6) is 0 Å². The van der Waals surface area contributed by atoms with E-state index < -0.39 is 12.1 Å². The van der Waals surface area contributed by atoms with Crippen LogP contribution < -0.4 is 5.32 Å². The van der Waals surface area contributed by atoms with Crippen molar-refractivity contribution >= 4 is 23.2 Å². The minimum absolute atomic E-state index is 0.175. The molecule has 0 saturated carbocycles. The Kier molecular flexibility index (Phi) is 5.42. The monoisotopic (exact) mass is 333 g/mol. The summed E-state index contributed by atoms with van der Waals surface area (Å²) in [5.41, 5.74) is 1.88. The van der Waals surface area contributed by atoms with E-state index in [0.29, 0.717) is 6.42 Å². The SMILES string of the molecule is O=CC(Cc1ccc2ccccc2c1)NC(=O)OCc1ccccc1. The average Bonchev–Trinajstić information content (AvgIpc) is 2.66. The van der Waals surface area contributed by atoms with E-state index in [9.17, 15) is 9.59 Å². The van der Waals surface area contributed by atoms with Crippen LogP contribution in [0.4, 0.5) is 4.79 Å². The van der Waals surface area contributed by atoms with Crippen molar-refractivity contribution in [2.75, 3.05) is 0 Å². The Labute approximate surface area is 146 Å². The minimum Gasteiger partial charge on any atom is -0.445 e. The Morgan fingerprint density at radius 1 is 0.920 bits per heavy atom. The zero-order chi connectivity index (χ0) is 17.5. The number of fused-ring (bicyclic) bond motifs is 1. The van der Waals surface area contributed by atoms with Crippen molar-refractivity contribution < 1.29 is 14.3 Å². The van der Waals surface area contributed by atoms with Gasteiger partial charge in [-0.1, -0.05) is 72.8 Å². The van der Waals surface area contributed by atoms with Crippen LogP contribution in [-0.2, 0) is 22.6 Å². The number of amides is 1. The molecule has 1 unspecified atom stereocenters. The highest BCUT2D eigenvalue weighted by molar-refractivity contribution is 5.83. The van der Waals surface area contributed by atoms with E-state index in [1.807, 2.05) is 72.8 Å². The highest BCUT2D eigenvalue weighted by Crippen LogP contribution is 2.16. The molecule has 25 heavy (non-hydrogen) atoms. The number of benzene rings is 3. The van der Waals surface area contributed by atoms with Gasteiger partial charge in [-0.25, -0.2) is 4.79 Å². The fourth-order valence-electron chi connectivity index (χ4n) is 2.67. The molecule has 126 valence electrons. The first-order valence-corrected chi connectivity index (χ1v) is 8.15. The maximum absolute atomic E-state index is 11.9. The van der Waals surface area contributed by atoms with Crippen LogP contribution in [-0.4, -0.2) is 18.4 Å². The standard InChI is InChI=1S/C21H19NO3/c23-14-20(22-21(24)25-15-16-6-2-1-3-7-16)13-17-10-11-18-8-4-5-9-19(18)12-17/h1-12,14,20H,13,15H2,(H,22,24). The lowest BCUT2D eigenvalue weighted by molar-refractivity contribution is -0.109. The van der Waals surface area contributed by atoms with Crippen LogP contribution in [0.25, 0.3) is 10.8 Å². The second kappa shape index (κ2) is 8.11. The third-order valence-corrected chi connectivity index (χ3v) is 3.95. The molecule has 0 spiro atoms. The van der Waals surface area contributed by atoms with Crippen LogP contribution in [0.1, 0.15) is 11.1 Å². The molecule has 3 aromatic rings. The number of aldehydes is 1. The number of ether oxygens (including phenoxy) is 1. The fourth-order valence-corrected chi connectivity index (χ4v) is 2.67. The molecule has 0 aliphatic carbocycles. The van der Waals surface area contributed by atoms with E-state index in [-0.39, 0.29) is 6.61 Å². The predicted octanol–water partition coefficient (Wildman–Crippen LogP) is 3.88. The van der Waals surface area contributed by atoms with Gasteiger partial charge in [-0.3, -0.25) is 0 Å². The van der Waals surface area contributed by atoms with Gasteiger partial charge >= 0.3 is 6.09 Å². The van der Waals surface area contributed by atoms with E-state index in [1.54, 1.807) is 0 Å². The molecule has 0 heterocycles. The van der Waals surface area contributed by atoms with Gasteiger partial charge in [0.1, 0.15) is 12.9 Å². The molecule has 3 aromatic carbocycles. The summed E-state index contributed by atoms with van der Waals surface area (Å²) in [6.07, 6.45) is 0.565. The molecule has 0 bridgehead atoms. The summed E-state index contributed by atoms with van der Waals surface area (Å²) >= 11 is 0. The van der Waals surface area contributed by atoms with E-state index in [2.05, 4.69) is 5.32 Å². The topological polar surface area (TPSA) is 55.4 Å². The van der Waals surface area contributed by atoms with Gasteiger partial charge in [0.2, 0.25) is 0 Å². The number of carbonyl (C=O) groups excluding carboxylic acids is 2. The van der Waals surface area contributed by atoms with Crippen LogP contribution >= 0.6 is 0 Å². The van der Waals surface area contributed by atoms with Gasteiger partial charge in [-0.15, -0.1) is 0 Å². The maximum Gasteiger partial charge on any atom is 0.408 e. The van der Waals surface area contributed by atoms with Crippen LogP contribution in [0.2, 0.25) is 0 Å². The number of carbonyl (C=O) groups is 2. The fraction of sp³-hybridized carbons (Fsp3) is 0.143. The van der Waals surface area contributed by atoms with Crippen molar-refractivity contribution in [1.82, 2.24) is 5.32 Å². The molecule has 1 N–H and O–H groups in total. The smallest absolute Gasteiger partial charge is 0.408 e. The largest absolute Gasteiger partial charge is 0.445 e. The minimum atomic E-state index is -0.621. The van der Waals surface area contributed by atoms with Crippen molar-refractivity contribution in [2.24, 2.45) is 0 Å². The Morgan fingerprint density at radius 2 is 1.64 bits per heavy atom. The highest BCUT2D eigenvalue weighted by Gasteiger charge is 2.13. The lowest BCUT2D eigenvalue weighted by atomic mass is 10.0. The molecular weight excluding hydrogens is 314 g/mol. The van der Waals surface area contributed by atoms with Gasteiger partial charge in [0.15, 0.2) is 0 Å². The lowest BCUT2D eigenvalue weighted by Crippen LogP contribution is -2.37. The predicted molar refractivity (Wildman–Crippen MR) is 97.3 cm³/mol. The first-order chi connectivity index (χ1) is 12.2. The van der Waals surface area contributed by atoms with E-state index in [1.165, 1.54) is 0 Å². The summed E-state index contributed by atoms with van der Waals surface area (Å²) in [5, 5.41) is 4.85. The number of alkyl carbamates (subject to hydrolysis) is 1. The normalized spacial score (nSPS) is 11.7. The molecule has 1 amide bonds. The molecule has 4 nitrogen and oxygen atoms in total. The van der Waals surface area contributed by atoms with Crippen molar-refractivity contribution in [2.45, 2.75) is 19.1 Å². The summed E-state index contributed by atoms with van der Waals surface area (Å²) < 4.78 is 5.16. The van der Waals surface area contributed by atoms with E-state index in [4.69, 9.17) is 4.74 Å². The molecule has 0 fully saturated rings. The first-order valence-electron chi connectivity index (χ1n) is 8.15. The van der Waals surface area contributed by atoms with Crippen molar-refractivity contribution in [3.05, 3.63) is 83.9 Å². The molecule has 0 aliphatic rings. The van der Waals surface area contributed by atoms with Gasteiger partial charge in [0.05, 0.1) is 6.04 Å². The zero-order valence-corrected chi connectivity index (χ0v) is 13.7. The van der Waals surface area contributed by atoms with E-state index in [0.717, 1.165) is 28.2 Å². The molecule has 0 radical (unpaired) electrons. The summed E-state index contributed by atoms with van der Waals surface area (Å²) in [4.78, 5) is 23.2. The van der Waals surface area contributed by atoms with Gasteiger partial charge in [0.25, 0.3) is 0 Å². The third-order valence-electron chi connectivity index (χ3n) is 3.95. The molecular formula is C21H19NO3. The van der Waals surface area contributed by atoms with Gasteiger partial charge in [-0.2, -0.15) is 0 Å². The Morgan fingerprint density at radius 3 is 2.40 bits per heavy atom. The van der Waals surface area contributed by atoms with Gasteiger partial charge in [-0.05, 0) is 28.3 Å². The number of nitrogens with one attached hydrogen (secondary N) is 1. The maximum atomic E-state index is 11.9. The summed E-state index contributed by atoms with van der Waals surface area (Å²) in [6.45, 7) is 0.175. The Hall–Kier alpha value is -3.14. The second-order valence-corrected chi connectivity index (χ2v) is 5.83. The van der Waals surface area contributed by atoms with E-state index >= 15 is 0 Å². The molecule has 1 atom stereocenters. The Balaban J connectivity index is 1.57. The van der Waals surface area contributed by atoms with Gasteiger partial charge < -0.3 is 14.8 Å². The lowest BCUT2D eigenvalue weighted by Gasteiger charge is -2.13.